The van der Waals surface area contributed by atoms with Crippen molar-refractivity contribution in [1.29, 1.82) is 0 Å². The van der Waals surface area contributed by atoms with Gasteiger partial charge in [-0.1, -0.05) is 36.4 Å². The molecule has 0 aliphatic rings. The molecule has 0 bridgehead atoms. The maximum atomic E-state index is 10.0. The van der Waals surface area contributed by atoms with Crippen LogP contribution in [0.4, 0.5) is 11.4 Å². The van der Waals surface area contributed by atoms with Crippen LogP contribution in [0.25, 0.3) is 0 Å². The molecular formula is C13H13CoN2O9-. The first-order valence-corrected chi connectivity index (χ1v) is 5.96. The molecule has 2 aromatic rings. The molecule has 0 spiro atoms. The zero-order chi connectivity index (χ0) is 18.0. The molecule has 0 aliphatic heterocycles. The number of hydrogen-bond donors (Lipinski definition) is 2. The van der Waals surface area contributed by atoms with Gasteiger partial charge in [-0.3, -0.25) is 10.1 Å². The standard InChI is InChI=1S/C6H5NO2.C6H7N.CHO7.Co/c8-7(9)6-4-2-1-3-5-6;7-6-4-2-1-3-5-6;2-1-4-6-8-7-5-3;/h1-5H;1-5H,7H2;3H;/q;;-1;. The molecule has 0 atom stereocenters. The number of nitrogens with zero attached hydrogens (tertiary/aromatic N) is 1. The van der Waals surface area contributed by atoms with Crippen LogP contribution >= 0.6 is 0 Å². The van der Waals surface area contributed by atoms with Gasteiger partial charge >= 0.3 is 0 Å². The van der Waals surface area contributed by atoms with Crippen LogP contribution < -0.4 is 5.73 Å². The van der Waals surface area contributed by atoms with Gasteiger partial charge in [0, 0.05) is 39.6 Å². The Labute approximate surface area is 151 Å². The SMILES string of the molecule is Nc1ccccc1.O=[C-]OOOOOO.O=[N+]([O-])c1ccccc1.[Co]. The maximum absolute atomic E-state index is 10.0. The number of para-hydroxylation sites is 2. The number of nitrogen functional groups attached to an aromatic ring is 1. The van der Waals surface area contributed by atoms with Gasteiger partial charge in [-0.15, -0.1) is 0 Å². The van der Waals surface area contributed by atoms with Crippen LogP contribution in [0.5, 0.6) is 0 Å². The van der Waals surface area contributed by atoms with Crippen LogP contribution in [-0.4, -0.2) is 16.7 Å². The molecule has 0 heterocycles. The molecule has 139 valence electrons. The Morgan fingerprint density at radius 3 is 1.80 bits per heavy atom. The summed E-state index contributed by atoms with van der Waals surface area (Å²) in [7, 11) is 0. The zero-order valence-corrected chi connectivity index (χ0v) is 13.4. The fraction of sp³-hybridized carbons (Fsp3) is 0. The molecule has 2 rings (SSSR count). The summed E-state index contributed by atoms with van der Waals surface area (Å²) in [4.78, 5) is 21.9. The molecule has 3 N–H and O–H groups in total. The van der Waals surface area contributed by atoms with Crippen molar-refractivity contribution in [1.82, 2.24) is 0 Å². The first-order valence-electron chi connectivity index (χ1n) is 5.96. The first kappa shape index (κ1) is 24.7. The number of rotatable bonds is 6. The third kappa shape index (κ3) is 16.1. The van der Waals surface area contributed by atoms with E-state index in [0.29, 0.717) is 0 Å². The zero-order valence-electron chi connectivity index (χ0n) is 12.3. The van der Waals surface area contributed by atoms with Gasteiger partial charge in [-0.2, -0.15) is 0 Å². The van der Waals surface area contributed by atoms with Crippen LogP contribution in [0.15, 0.2) is 60.7 Å². The predicted octanol–water partition coefficient (Wildman–Crippen LogP) is 2.13. The number of anilines is 1. The van der Waals surface area contributed by atoms with Crippen LogP contribution in [0, 0.1) is 10.1 Å². The number of non-ortho nitro benzene ring substituents is 1. The van der Waals surface area contributed by atoms with Gasteiger partial charge in [0.1, 0.15) is 0 Å². The molecule has 25 heavy (non-hydrogen) atoms. The van der Waals surface area contributed by atoms with Gasteiger partial charge in [0.25, 0.3) is 5.69 Å². The van der Waals surface area contributed by atoms with Gasteiger partial charge in [-0.25, -0.2) is 5.26 Å². The average Bonchev–Trinajstić information content (AvgIpc) is 2.61. The third-order valence-corrected chi connectivity index (χ3v) is 1.92. The minimum absolute atomic E-state index is 0. The van der Waals surface area contributed by atoms with Crippen molar-refractivity contribution in [3.8, 4) is 0 Å². The summed E-state index contributed by atoms with van der Waals surface area (Å²) in [6.07, 6.45) is 0. The molecule has 0 aliphatic carbocycles. The van der Waals surface area contributed by atoms with E-state index in [-0.39, 0.29) is 22.5 Å². The van der Waals surface area contributed by atoms with Gasteiger partial charge < -0.3 is 15.4 Å². The molecular weight excluding hydrogens is 387 g/mol. The van der Waals surface area contributed by atoms with Crippen molar-refractivity contribution in [2.75, 3.05) is 5.73 Å². The second-order valence-corrected chi connectivity index (χ2v) is 3.45. The number of carbonyl (C=O) groups excluding carboxylic acids is 1. The van der Waals surface area contributed by atoms with E-state index in [2.05, 4.69) is 25.0 Å². The normalized spacial score (nSPS) is 8.36. The van der Waals surface area contributed by atoms with Crippen molar-refractivity contribution in [2.24, 2.45) is 0 Å². The topological polar surface area (TPSA) is 153 Å². The summed E-state index contributed by atoms with van der Waals surface area (Å²) in [5.74, 6) is 0. The fourth-order valence-corrected chi connectivity index (χ4v) is 1.05. The van der Waals surface area contributed by atoms with Crippen LogP contribution in [-0.2, 0) is 46.6 Å². The number of nitrogens with two attached hydrogens (primary N) is 1. The van der Waals surface area contributed by atoms with E-state index in [1.54, 1.807) is 18.2 Å². The second-order valence-electron chi connectivity index (χ2n) is 3.45. The number of hydrogen-bond acceptors (Lipinski definition) is 10. The Morgan fingerprint density at radius 1 is 0.960 bits per heavy atom. The van der Waals surface area contributed by atoms with Crippen LogP contribution in [0.2, 0.25) is 0 Å². The average molecular weight is 400 g/mol. The smallest absolute Gasteiger partial charge is 0.269 e. The Hall–Kier alpha value is -2.58. The second kappa shape index (κ2) is 17.8. The predicted molar refractivity (Wildman–Crippen MR) is 77.7 cm³/mol. The van der Waals surface area contributed by atoms with Crippen molar-refractivity contribution >= 4 is 17.8 Å². The Balaban J connectivity index is 0. The molecule has 12 heteroatoms. The molecule has 0 amide bonds. The fourth-order valence-electron chi connectivity index (χ4n) is 1.05. The number of benzene rings is 2. The minimum Gasteiger partial charge on any atom is -0.495 e. The summed E-state index contributed by atoms with van der Waals surface area (Å²) in [6, 6.07) is 17.4. The van der Waals surface area contributed by atoms with Gasteiger partial charge in [0.15, 0.2) is 0 Å². The van der Waals surface area contributed by atoms with E-state index in [1.165, 1.54) is 12.1 Å². The van der Waals surface area contributed by atoms with E-state index < -0.39 is 4.92 Å². The van der Waals surface area contributed by atoms with Gasteiger partial charge in [0.2, 0.25) is 0 Å². The van der Waals surface area contributed by atoms with Gasteiger partial charge in [-0.05, 0) is 33.7 Å². The summed E-state index contributed by atoms with van der Waals surface area (Å²) in [6.45, 7) is 0.812. The van der Waals surface area contributed by atoms with Crippen molar-refractivity contribution in [3.63, 3.8) is 0 Å². The van der Waals surface area contributed by atoms with E-state index in [9.17, 15) is 10.1 Å². The molecule has 0 saturated heterocycles. The van der Waals surface area contributed by atoms with Crippen molar-refractivity contribution in [2.45, 2.75) is 0 Å². The van der Waals surface area contributed by atoms with Crippen molar-refractivity contribution < 1.29 is 56.8 Å². The molecule has 0 unspecified atom stereocenters. The first-order chi connectivity index (χ1) is 11.6. The largest absolute Gasteiger partial charge is 0.495 e. The molecule has 2 aromatic carbocycles. The molecule has 11 nitrogen and oxygen atoms in total. The maximum Gasteiger partial charge on any atom is 0.269 e. The Bertz CT molecular complexity index is 560. The van der Waals surface area contributed by atoms with Crippen LogP contribution in [0.3, 0.4) is 0 Å². The number of nitro groups is 1. The Morgan fingerprint density at radius 2 is 1.48 bits per heavy atom. The van der Waals surface area contributed by atoms with Crippen LogP contribution in [0.1, 0.15) is 0 Å². The molecule has 0 fully saturated rings. The van der Waals surface area contributed by atoms with E-state index >= 15 is 0 Å². The Kier molecular flexibility index (Phi) is 17.5. The molecule has 0 aromatic heterocycles. The monoisotopic (exact) mass is 400 g/mol. The van der Waals surface area contributed by atoms with E-state index in [1.807, 2.05) is 30.3 Å². The minimum atomic E-state index is -0.417. The quantitative estimate of drug-likeness (QED) is 0.184. The molecule has 1 radical (unpaired) electrons. The van der Waals surface area contributed by atoms with E-state index in [4.69, 9.17) is 15.8 Å². The summed E-state index contributed by atoms with van der Waals surface area (Å²) in [5, 5.41) is 29.8. The number of nitro benzene ring substituents is 1. The van der Waals surface area contributed by atoms with E-state index in [0.717, 1.165) is 12.2 Å². The third-order valence-electron chi connectivity index (χ3n) is 1.92. The van der Waals surface area contributed by atoms with Crippen molar-refractivity contribution in [3.05, 3.63) is 70.8 Å². The van der Waals surface area contributed by atoms with Gasteiger partial charge in [0.05, 0.1) is 4.92 Å². The summed E-state index contributed by atoms with van der Waals surface area (Å²) < 4.78 is 0. The molecule has 0 saturated carbocycles. The summed E-state index contributed by atoms with van der Waals surface area (Å²) in [5.41, 5.74) is 6.32. The summed E-state index contributed by atoms with van der Waals surface area (Å²) >= 11 is 0.